The molecule has 1 rings (SSSR count). The molecule has 0 radical (unpaired) electrons. The van der Waals surface area contributed by atoms with Crippen LogP contribution in [0.2, 0.25) is 0 Å². The lowest BCUT2D eigenvalue weighted by Gasteiger charge is -2.27. The number of Topliss-reactive ketones (excluding diaryl/α,β-unsaturated/α-hetero) is 1. The van der Waals surface area contributed by atoms with Gasteiger partial charge >= 0.3 is 11.9 Å². The summed E-state index contributed by atoms with van der Waals surface area (Å²) >= 11 is 6.10. The Hall–Kier alpha value is -2.14. The summed E-state index contributed by atoms with van der Waals surface area (Å²) in [7, 11) is 1.36. The minimum atomic E-state index is -1.18. The third-order valence-corrected chi connectivity index (χ3v) is 4.82. The predicted molar refractivity (Wildman–Crippen MR) is 114 cm³/mol. The number of hydrogen-bond donors (Lipinski definition) is 0. The number of carbonyl (C=O) groups is 3. The zero-order valence-corrected chi connectivity index (χ0v) is 18.3. The minimum absolute atomic E-state index is 0.0518. The summed E-state index contributed by atoms with van der Waals surface area (Å²) < 4.78 is 10.2. The number of allylic oxidation sites excluding steroid dienone is 5. The van der Waals surface area contributed by atoms with Crippen molar-refractivity contribution in [3.8, 4) is 0 Å². The van der Waals surface area contributed by atoms with Gasteiger partial charge in [-0.15, -0.1) is 0 Å². The molecule has 1 aliphatic carbocycles. The minimum Gasteiger partial charge on any atom is -0.469 e. The fourth-order valence-electron chi connectivity index (χ4n) is 3.05. The molecule has 0 saturated heterocycles. The molecule has 0 fully saturated rings. The van der Waals surface area contributed by atoms with Crippen molar-refractivity contribution in [2.45, 2.75) is 70.8 Å². The second-order valence-electron chi connectivity index (χ2n) is 6.95. The Morgan fingerprint density at radius 3 is 2.52 bits per heavy atom. The first kappa shape index (κ1) is 24.9. The summed E-state index contributed by atoms with van der Waals surface area (Å²) in [4.78, 5) is 35.4. The summed E-state index contributed by atoms with van der Waals surface area (Å²) in [5.74, 6) is -1.07. The molecule has 0 bridgehead atoms. The molecule has 0 spiro atoms. The van der Waals surface area contributed by atoms with Crippen molar-refractivity contribution >= 4 is 29.3 Å². The normalized spacial score (nSPS) is 20.6. The quantitative estimate of drug-likeness (QED) is 0.183. The van der Waals surface area contributed by atoms with E-state index in [1.165, 1.54) is 20.1 Å². The number of carbonyl (C=O) groups excluding carboxylic acids is 3. The van der Waals surface area contributed by atoms with Gasteiger partial charge in [0.1, 0.15) is 0 Å². The Morgan fingerprint density at radius 1 is 1.14 bits per heavy atom. The zero-order valence-electron chi connectivity index (χ0n) is 17.5. The van der Waals surface area contributed by atoms with E-state index < -0.39 is 11.6 Å². The lowest BCUT2D eigenvalue weighted by atomic mass is 9.91. The van der Waals surface area contributed by atoms with Gasteiger partial charge in [0.2, 0.25) is 5.78 Å². The Labute approximate surface area is 178 Å². The maximum absolute atomic E-state index is 12.5. The van der Waals surface area contributed by atoms with Crippen molar-refractivity contribution < 1.29 is 23.9 Å². The Bertz CT molecular complexity index is 702. The largest absolute Gasteiger partial charge is 0.469 e. The number of esters is 2. The van der Waals surface area contributed by atoms with Crippen molar-refractivity contribution in [1.29, 1.82) is 0 Å². The van der Waals surface area contributed by atoms with E-state index in [-0.39, 0.29) is 16.8 Å². The lowest BCUT2D eigenvalue weighted by Crippen LogP contribution is -2.33. The van der Waals surface area contributed by atoms with Gasteiger partial charge in [-0.3, -0.25) is 14.4 Å². The molecular formula is C23H31ClO5. The molecule has 1 unspecified atom stereocenters. The van der Waals surface area contributed by atoms with Crippen molar-refractivity contribution in [3.63, 3.8) is 0 Å². The molecule has 29 heavy (non-hydrogen) atoms. The van der Waals surface area contributed by atoms with Gasteiger partial charge in [0.05, 0.1) is 12.1 Å². The van der Waals surface area contributed by atoms with Crippen molar-refractivity contribution in [2.75, 3.05) is 7.11 Å². The van der Waals surface area contributed by atoms with Crippen LogP contribution < -0.4 is 0 Å². The summed E-state index contributed by atoms with van der Waals surface area (Å²) in [6, 6.07) is 0. The molecule has 0 aromatic rings. The second kappa shape index (κ2) is 13.2. The average molecular weight is 423 g/mol. The topological polar surface area (TPSA) is 69.7 Å². The highest BCUT2D eigenvalue weighted by molar-refractivity contribution is 6.46. The van der Waals surface area contributed by atoms with Crippen LogP contribution in [-0.4, -0.2) is 30.4 Å². The number of unbranched alkanes of at least 4 members (excludes halogenated alkanes) is 4. The zero-order chi connectivity index (χ0) is 21.7. The SMILES string of the molecule is CCCCCC=CCC1(OC(C)=O)C=C(Cl)C(=O)C1=CC=CCCCC(=O)OC. The van der Waals surface area contributed by atoms with E-state index >= 15 is 0 Å². The molecule has 0 N–H and O–H groups in total. The van der Waals surface area contributed by atoms with E-state index in [0.29, 0.717) is 31.3 Å². The van der Waals surface area contributed by atoms with Crippen molar-refractivity contribution in [2.24, 2.45) is 0 Å². The summed E-state index contributed by atoms with van der Waals surface area (Å²) in [5.41, 5.74) is -0.849. The maximum Gasteiger partial charge on any atom is 0.305 e. The highest BCUT2D eigenvalue weighted by atomic mass is 35.5. The molecule has 0 saturated carbocycles. The smallest absolute Gasteiger partial charge is 0.305 e. The first-order valence-electron chi connectivity index (χ1n) is 10.1. The first-order valence-corrected chi connectivity index (χ1v) is 10.5. The fraction of sp³-hybridized carbons (Fsp3) is 0.522. The molecule has 1 aliphatic rings. The number of rotatable bonds is 12. The van der Waals surface area contributed by atoms with Crippen molar-refractivity contribution in [1.82, 2.24) is 0 Å². The fourth-order valence-corrected chi connectivity index (χ4v) is 3.33. The molecule has 0 heterocycles. The van der Waals surface area contributed by atoms with Crippen molar-refractivity contribution in [3.05, 3.63) is 47.1 Å². The van der Waals surface area contributed by atoms with Crippen LogP contribution in [0.4, 0.5) is 0 Å². The lowest BCUT2D eigenvalue weighted by molar-refractivity contribution is -0.149. The highest BCUT2D eigenvalue weighted by Gasteiger charge is 2.44. The van der Waals surface area contributed by atoms with Gasteiger partial charge in [-0.25, -0.2) is 0 Å². The molecule has 5 nitrogen and oxygen atoms in total. The monoisotopic (exact) mass is 422 g/mol. The van der Waals surface area contributed by atoms with Crippen LogP contribution in [0, 0.1) is 0 Å². The molecule has 0 aliphatic heterocycles. The van der Waals surface area contributed by atoms with E-state index in [1.54, 1.807) is 12.2 Å². The Balaban J connectivity index is 2.90. The summed E-state index contributed by atoms with van der Waals surface area (Å²) in [6.07, 6.45) is 17.1. The molecule has 0 amide bonds. The van der Waals surface area contributed by atoms with Crippen LogP contribution in [0.25, 0.3) is 0 Å². The van der Waals surface area contributed by atoms with Crippen LogP contribution in [0.3, 0.4) is 0 Å². The third-order valence-electron chi connectivity index (χ3n) is 4.54. The summed E-state index contributed by atoms with van der Waals surface area (Å²) in [6.45, 7) is 3.47. The van der Waals surface area contributed by atoms with Gasteiger partial charge in [-0.2, -0.15) is 0 Å². The van der Waals surface area contributed by atoms with E-state index in [1.807, 2.05) is 18.2 Å². The Kier molecular flexibility index (Phi) is 11.3. The van der Waals surface area contributed by atoms with Gasteiger partial charge in [0, 0.05) is 25.3 Å². The van der Waals surface area contributed by atoms with Gasteiger partial charge < -0.3 is 9.47 Å². The van der Waals surface area contributed by atoms with E-state index in [2.05, 4.69) is 11.7 Å². The highest BCUT2D eigenvalue weighted by Crippen LogP contribution is 2.39. The van der Waals surface area contributed by atoms with E-state index in [0.717, 1.165) is 25.7 Å². The molecular weight excluding hydrogens is 392 g/mol. The van der Waals surface area contributed by atoms with Crippen LogP contribution in [-0.2, 0) is 23.9 Å². The van der Waals surface area contributed by atoms with Crippen LogP contribution in [0.15, 0.2) is 47.1 Å². The number of ether oxygens (including phenoxy) is 2. The van der Waals surface area contributed by atoms with Gasteiger partial charge in [-0.05, 0) is 31.8 Å². The molecule has 160 valence electrons. The van der Waals surface area contributed by atoms with Gasteiger partial charge in [0.25, 0.3) is 0 Å². The van der Waals surface area contributed by atoms with Crippen LogP contribution in [0.1, 0.15) is 65.2 Å². The standard InChI is InChI=1S/C23H31ClO5/c1-4-5-6-7-10-13-16-23(29-18(2)25)17-20(24)22(27)19(23)14-11-8-9-12-15-21(26)28-3/h8,10-11,13-14,17H,4-7,9,12,15-16H2,1-3H3. The number of hydrogen-bond acceptors (Lipinski definition) is 5. The van der Waals surface area contributed by atoms with Crippen LogP contribution >= 0.6 is 11.6 Å². The number of methoxy groups -OCH3 is 1. The first-order chi connectivity index (χ1) is 13.9. The molecule has 6 heteroatoms. The maximum atomic E-state index is 12.5. The van der Waals surface area contributed by atoms with Gasteiger partial charge in [-0.1, -0.05) is 61.7 Å². The number of halogens is 1. The van der Waals surface area contributed by atoms with E-state index in [9.17, 15) is 14.4 Å². The number of ketones is 1. The Morgan fingerprint density at radius 2 is 1.86 bits per heavy atom. The van der Waals surface area contributed by atoms with E-state index in [4.69, 9.17) is 16.3 Å². The second-order valence-corrected chi connectivity index (χ2v) is 7.36. The van der Waals surface area contributed by atoms with Crippen LogP contribution in [0.5, 0.6) is 0 Å². The predicted octanol–water partition coefficient (Wildman–Crippen LogP) is 5.35. The molecule has 1 atom stereocenters. The molecule has 0 aromatic carbocycles. The average Bonchev–Trinajstić information content (AvgIpc) is 2.90. The van der Waals surface area contributed by atoms with Gasteiger partial charge in [0.15, 0.2) is 5.60 Å². The molecule has 0 aromatic heterocycles. The third kappa shape index (κ3) is 8.40. The summed E-state index contributed by atoms with van der Waals surface area (Å²) in [5, 5.41) is 0.0518.